The Morgan fingerprint density at radius 2 is 2.15 bits per heavy atom. The monoisotopic (exact) mass is 405 g/mol. The smallest absolute Gasteiger partial charge is 0.127 e. The summed E-state index contributed by atoms with van der Waals surface area (Å²) in [5, 5.41) is 4.94. The van der Waals surface area contributed by atoms with E-state index in [4.69, 9.17) is 21.3 Å². The number of likely N-dealkylation sites (tertiary alicyclic amines) is 1. The molecule has 0 amide bonds. The van der Waals surface area contributed by atoms with Gasteiger partial charge < -0.3 is 15.0 Å². The fourth-order valence-electron chi connectivity index (χ4n) is 3.60. The maximum atomic E-state index is 6.42. The molecule has 2 saturated heterocycles. The maximum Gasteiger partial charge on any atom is 0.127 e. The normalized spacial score (nSPS) is 20.2. The van der Waals surface area contributed by atoms with Gasteiger partial charge in [0.05, 0.1) is 22.9 Å². The third-order valence-corrected chi connectivity index (χ3v) is 7.16. The first-order valence-corrected chi connectivity index (χ1v) is 10.6. The highest BCUT2D eigenvalue weighted by Gasteiger charge is 2.38. The fraction of sp³-hybridized carbons (Fsp3) is 0.476. The van der Waals surface area contributed by atoms with Gasteiger partial charge in [0, 0.05) is 31.6 Å². The standard InChI is InChI=1S/C21H28ClN3OS/c1-4-18(25-11-8-21(9-12-25)10-13-26-15-21)24-14-19(23-3)27-17-7-5-6-16(2)20(17)22/h4-7,14,23H,1,8-13,15H2,2-3H3/b19-14+,24-18?. The number of hydrogen-bond donors (Lipinski definition) is 1. The van der Waals surface area contributed by atoms with E-state index in [-0.39, 0.29) is 0 Å². The summed E-state index contributed by atoms with van der Waals surface area (Å²) >= 11 is 8.00. The molecule has 1 aromatic rings. The van der Waals surface area contributed by atoms with Crippen molar-refractivity contribution in [1.82, 2.24) is 10.2 Å². The van der Waals surface area contributed by atoms with Gasteiger partial charge in [-0.25, -0.2) is 4.99 Å². The Bertz CT molecular complexity index is 731. The van der Waals surface area contributed by atoms with Crippen molar-refractivity contribution in [3.63, 3.8) is 0 Å². The summed E-state index contributed by atoms with van der Waals surface area (Å²) in [6.07, 6.45) is 7.23. The molecular formula is C21H28ClN3OS. The van der Waals surface area contributed by atoms with Gasteiger partial charge in [-0.1, -0.05) is 42.1 Å². The lowest BCUT2D eigenvalue weighted by atomic mass is 9.78. The van der Waals surface area contributed by atoms with Crippen LogP contribution in [0.3, 0.4) is 0 Å². The highest BCUT2D eigenvalue weighted by molar-refractivity contribution is 8.03. The van der Waals surface area contributed by atoms with E-state index in [0.717, 1.165) is 65.5 Å². The van der Waals surface area contributed by atoms with Crippen molar-refractivity contribution < 1.29 is 4.74 Å². The minimum Gasteiger partial charge on any atom is -0.381 e. The Balaban J connectivity index is 1.68. The van der Waals surface area contributed by atoms with E-state index < -0.39 is 0 Å². The molecule has 0 aliphatic carbocycles. The molecule has 1 N–H and O–H groups in total. The van der Waals surface area contributed by atoms with E-state index in [9.17, 15) is 0 Å². The molecule has 1 spiro atoms. The molecular weight excluding hydrogens is 378 g/mol. The van der Waals surface area contributed by atoms with E-state index in [1.807, 2.05) is 44.4 Å². The van der Waals surface area contributed by atoms with Crippen LogP contribution in [0.4, 0.5) is 0 Å². The SMILES string of the molecule is C=CC(=N/C=C(\NC)Sc1cccc(C)c1Cl)N1CCC2(CCOC2)CC1. The van der Waals surface area contributed by atoms with E-state index in [0.29, 0.717) is 5.41 Å². The van der Waals surface area contributed by atoms with Crippen LogP contribution in [0.2, 0.25) is 5.02 Å². The summed E-state index contributed by atoms with van der Waals surface area (Å²) in [5.74, 6) is 0.924. The number of nitrogens with zero attached hydrogens (tertiary/aromatic N) is 2. The quantitative estimate of drug-likeness (QED) is 0.431. The number of nitrogens with one attached hydrogen (secondary N) is 1. The highest BCUT2D eigenvalue weighted by atomic mass is 35.5. The minimum absolute atomic E-state index is 0.395. The summed E-state index contributed by atoms with van der Waals surface area (Å²) in [6.45, 7) is 9.82. The van der Waals surface area contributed by atoms with E-state index in [1.54, 1.807) is 11.8 Å². The van der Waals surface area contributed by atoms with Crippen molar-refractivity contribution in [2.45, 2.75) is 31.1 Å². The van der Waals surface area contributed by atoms with Crippen molar-refractivity contribution in [1.29, 1.82) is 0 Å². The molecule has 0 atom stereocenters. The van der Waals surface area contributed by atoms with Crippen LogP contribution in [0.5, 0.6) is 0 Å². The number of aryl methyl sites for hydroxylation is 1. The predicted octanol–water partition coefficient (Wildman–Crippen LogP) is 4.85. The molecule has 0 unspecified atom stereocenters. The highest BCUT2D eigenvalue weighted by Crippen LogP contribution is 2.39. The van der Waals surface area contributed by atoms with Gasteiger partial charge in [-0.05, 0) is 49.3 Å². The second-order valence-electron chi connectivity index (χ2n) is 7.21. The predicted molar refractivity (Wildman–Crippen MR) is 115 cm³/mol. The van der Waals surface area contributed by atoms with Crippen molar-refractivity contribution in [2.75, 3.05) is 33.4 Å². The summed E-state index contributed by atoms with van der Waals surface area (Å²) in [4.78, 5) is 8.05. The Kier molecular flexibility index (Phi) is 6.90. The van der Waals surface area contributed by atoms with Crippen LogP contribution in [0.15, 0.2) is 52.0 Å². The molecule has 3 rings (SSSR count). The van der Waals surface area contributed by atoms with Gasteiger partial charge in [-0.15, -0.1) is 0 Å². The van der Waals surface area contributed by atoms with Crippen LogP contribution in [0.25, 0.3) is 0 Å². The summed E-state index contributed by atoms with van der Waals surface area (Å²) in [7, 11) is 1.90. The number of ether oxygens (including phenoxy) is 1. The Hall–Kier alpha value is -1.43. The van der Waals surface area contributed by atoms with Gasteiger partial charge in [0.25, 0.3) is 0 Å². The zero-order valence-corrected chi connectivity index (χ0v) is 17.7. The van der Waals surface area contributed by atoms with Crippen molar-refractivity contribution in [2.24, 2.45) is 10.4 Å². The van der Waals surface area contributed by atoms with E-state index in [2.05, 4.69) is 16.8 Å². The number of amidine groups is 1. The third kappa shape index (κ3) is 4.89. The number of thioether (sulfide) groups is 1. The number of aliphatic imine (C=N–C) groups is 1. The second-order valence-corrected chi connectivity index (χ2v) is 8.68. The molecule has 0 radical (unpaired) electrons. The van der Waals surface area contributed by atoms with Crippen LogP contribution >= 0.6 is 23.4 Å². The van der Waals surface area contributed by atoms with Gasteiger partial charge in [0.1, 0.15) is 5.84 Å². The molecule has 2 aliphatic heterocycles. The number of hydrogen-bond acceptors (Lipinski definition) is 4. The molecule has 27 heavy (non-hydrogen) atoms. The molecule has 2 heterocycles. The lowest BCUT2D eigenvalue weighted by Crippen LogP contribution is -2.42. The number of piperidine rings is 1. The van der Waals surface area contributed by atoms with Gasteiger partial charge in [0.2, 0.25) is 0 Å². The van der Waals surface area contributed by atoms with Gasteiger partial charge >= 0.3 is 0 Å². The zero-order valence-electron chi connectivity index (χ0n) is 16.1. The first kappa shape index (κ1) is 20.3. The molecule has 0 aromatic heterocycles. The largest absolute Gasteiger partial charge is 0.381 e. The van der Waals surface area contributed by atoms with Crippen LogP contribution < -0.4 is 5.32 Å². The van der Waals surface area contributed by atoms with Crippen molar-refractivity contribution in [3.05, 3.63) is 52.7 Å². The molecule has 0 bridgehead atoms. The summed E-state index contributed by atoms with van der Waals surface area (Å²) in [6, 6.07) is 6.06. The van der Waals surface area contributed by atoms with E-state index in [1.165, 1.54) is 6.42 Å². The number of halogens is 1. The molecule has 2 aliphatic rings. The third-order valence-electron chi connectivity index (χ3n) is 5.45. The maximum absolute atomic E-state index is 6.42. The van der Waals surface area contributed by atoms with Crippen LogP contribution in [0, 0.1) is 12.3 Å². The molecule has 4 nitrogen and oxygen atoms in total. The molecule has 1 aromatic carbocycles. The fourth-order valence-corrected chi connectivity index (χ4v) is 4.69. The van der Waals surface area contributed by atoms with Gasteiger partial charge in [0.15, 0.2) is 0 Å². The van der Waals surface area contributed by atoms with Crippen molar-refractivity contribution >= 4 is 29.2 Å². The average molecular weight is 406 g/mol. The molecule has 0 saturated carbocycles. The number of rotatable bonds is 5. The van der Waals surface area contributed by atoms with Crippen molar-refractivity contribution in [3.8, 4) is 0 Å². The molecule has 6 heteroatoms. The van der Waals surface area contributed by atoms with Crippen LogP contribution in [0.1, 0.15) is 24.8 Å². The van der Waals surface area contributed by atoms with Crippen LogP contribution in [-0.2, 0) is 4.74 Å². The second kappa shape index (κ2) is 9.18. The Labute approximate surface area is 171 Å². The molecule has 146 valence electrons. The first-order valence-electron chi connectivity index (χ1n) is 9.41. The minimum atomic E-state index is 0.395. The molecule has 2 fully saturated rings. The lowest BCUT2D eigenvalue weighted by molar-refractivity contribution is 0.106. The lowest BCUT2D eigenvalue weighted by Gasteiger charge is -2.39. The summed E-state index contributed by atoms with van der Waals surface area (Å²) < 4.78 is 5.63. The Morgan fingerprint density at radius 3 is 2.78 bits per heavy atom. The average Bonchev–Trinajstić information content (AvgIpc) is 3.14. The van der Waals surface area contributed by atoms with Gasteiger partial charge in [-0.3, -0.25) is 0 Å². The van der Waals surface area contributed by atoms with Crippen LogP contribution in [-0.4, -0.2) is 44.1 Å². The number of benzene rings is 1. The topological polar surface area (TPSA) is 36.9 Å². The Morgan fingerprint density at radius 1 is 1.37 bits per heavy atom. The summed E-state index contributed by atoms with van der Waals surface area (Å²) in [5.41, 5.74) is 1.47. The van der Waals surface area contributed by atoms with Gasteiger partial charge in [-0.2, -0.15) is 0 Å². The zero-order chi connectivity index (χ0) is 19.3. The first-order chi connectivity index (χ1) is 13.1. The van der Waals surface area contributed by atoms with E-state index >= 15 is 0 Å².